The minimum absolute atomic E-state index is 0.0324. The van der Waals surface area contributed by atoms with E-state index in [-0.39, 0.29) is 30.1 Å². The van der Waals surface area contributed by atoms with Crippen LogP contribution in [0, 0.1) is 5.92 Å². The minimum Gasteiger partial charge on any atom is -0.391 e. The number of oxime groups is 1. The van der Waals surface area contributed by atoms with Gasteiger partial charge in [-0.15, -0.1) is 0 Å². The summed E-state index contributed by atoms with van der Waals surface area (Å²) < 4.78 is 22.2. The molecule has 1 N–H and O–H groups in total. The molecule has 68 valence electrons. The van der Waals surface area contributed by atoms with Gasteiger partial charge >= 0.3 is 0 Å². The van der Waals surface area contributed by atoms with Gasteiger partial charge in [-0.3, -0.25) is 0 Å². The van der Waals surface area contributed by atoms with Crippen molar-refractivity contribution in [3.63, 3.8) is 0 Å². The third-order valence-electron chi connectivity index (χ3n) is 2.20. The lowest BCUT2D eigenvalue weighted by atomic mass is 10.0. The first-order chi connectivity index (χ1) is 5.62. The van der Waals surface area contributed by atoms with Gasteiger partial charge in [-0.1, -0.05) is 5.16 Å². The Morgan fingerprint density at radius 3 is 3.00 bits per heavy atom. The Morgan fingerprint density at radius 2 is 2.33 bits per heavy atom. The summed E-state index contributed by atoms with van der Waals surface area (Å²) >= 11 is 0. The van der Waals surface area contributed by atoms with Crippen LogP contribution in [-0.2, 0) is 14.7 Å². The predicted molar refractivity (Wildman–Crippen MR) is 41.5 cm³/mol. The third kappa shape index (κ3) is 1.11. The van der Waals surface area contributed by atoms with Crippen LogP contribution >= 0.6 is 0 Å². The van der Waals surface area contributed by atoms with Gasteiger partial charge in [0, 0.05) is 0 Å². The van der Waals surface area contributed by atoms with Crippen molar-refractivity contribution < 1.29 is 18.4 Å². The standard InChI is InChI=1S/C6H9NO4S/c8-1-5-4-2-12(9,10)3-6(4)11-7-5/h4,6,8H,1-3H2/t4-,6+/m1/s1. The highest BCUT2D eigenvalue weighted by Crippen LogP contribution is 2.28. The van der Waals surface area contributed by atoms with E-state index in [9.17, 15) is 8.42 Å². The minimum atomic E-state index is -2.97. The third-order valence-corrected chi connectivity index (χ3v) is 3.90. The molecule has 0 saturated carbocycles. The van der Waals surface area contributed by atoms with Crippen molar-refractivity contribution in [2.75, 3.05) is 18.1 Å². The fourth-order valence-corrected chi connectivity index (χ4v) is 3.46. The van der Waals surface area contributed by atoms with Crippen LogP contribution in [0.25, 0.3) is 0 Å². The quantitative estimate of drug-likeness (QED) is 0.563. The SMILES string of the molecule is O=S1(=O)C[C@@H]2ON=C(CO)[C@H]2C1. The van der Waals surface area contributed by atoms with Crippen LogP contribution < -0.4 is 0 Å². The second-order valence-corrected chi connectivity index (χ2v) is 5.22. The zero-order valence-electron chi connectivity index (χ0n) is 6.30. The Bertz CT molecular complexity index is 320. The van der Waals surface area contributed by atoms with Crippen LogP contribution in [-0.4, -0.2) is 43.5 Å². The van der Waals surface area contributed by atoms with Crippen molar-refractivity contribution in [3.8, 4) is 0 Å². The molecule has 1 fully saturated rings. The van der Waals surface area contributed by atoms with Gasteiger partial charge in [-0.2, -0.15) is 0 Å². The van der Waals surface area contributed by atoms with Gasteiger partial charge in [0.1, 0.15) is 0 Å². The number of aliphatic hydroxyl groups excluding tert-OH is 1. The Hall–Kier alpha value is -0.620. The number of fused-ring (bicyclic) bond motifs is 1. The fraction of sp³-hybridized carbons (Fsp3) is 0.833. The van der Waals surface area contributed by atoms with Gasteiger partial charge in [0.25, 0.3) is 0 Å². The summed E-state index contributed by atoms with van der Waals surface area (Å²) in [5.41, 5.74) is 0.459. The molecule has 2 aliphatic rings. The van der Waals surface area contributed by atoms with Crippen LogP contribution in [0.1, 0.15) is 0 Å². The second kappa shape index (κ2) is 2.43. The Morgan fingerprint density at radius 1 is 1.58 bits per heavy atom. The monoisotopic (exact) mass is 191 g/mol. The molecule has 2 heterocycles. The van der Waals surface area contributed by atoms with Gasteiger partial charge in [0.05, 0.1) is 29.7 Å². The van der Waals surface area contributed by atoms with Crippen LogP contribution in [0.2, 0.25) is 0 Å². The van der Waals surface area contributed by atoms with E-state index < -0.39 is 9.84 Å². The number of hydrogen-bond donors (Lipinski definition) is 1. The van der Waals surface area contributed by atoms with E-state index >= 15 is 0 Å². The van der Waals surface area contributed by atoms with E-state index in [2.05, 4.69) is 5.16 Å². The molecule has 0 bridgehead atoms. The molecule has 0 aromatic carbocycles. The molecule has 0 amide bonds. The van der Waals surface area contributed by atoms with E-state index in [1.807, 2.05) is 0 Å². The van der Waals surface area contributed by atoms with Crippen molar-refractivity contribution in [2.45, 2.75) is 6.10 Å². The summed E-state index contributed by atoms with van der Waals surface area (Å²) in [5, 5.41) is 12.4. The molecule has 12 heavy (non-hydrogen) atoms. The maximum atomic E-state index is 11.1. The first kappa shape index (κ1) is 8.00. The van der Waals surface area contributed by atoms with Crippen molar-refractivity contribution in [1.29, 1.82) is 0 Å². The molecular weight excluding hydrogens is 182 g/mol. The smallest absolute Gasteiger partial charge is 0.154 e. The lowest BCUT2D eigenvalue weighted by Crippen LogP contribution is -2.23. The fourth-order valence-electron chi connectivity index (χ4n) is 1.58. The Labute approximate surface area is 69.9 Å². The van der Waals surface area contributed by atoms with Crippen LogP contribution in [0.5, 0.6) is 0 Å². The van der Waals surface area contributed by atoms with Crippen molar-refractivity contribution in [3.05, 3.63) is 0 Å². The van der Waals surface area contributed by atoms with E-state index in [0.717, 1.165) is 0 Å². The molecule has 5 nitrogen and oxygen atoms in total. The van der Waals surface area contributed by atoms with Gasteiger partial charge in [-0.05, 0) is 0 Å². The number of nitrogens with zero attached hydrogens (tertiary/aromatic N) is 1. The lowest BCUT2D eigenvalue weighted by Gasteiger charge is -2.03. The summed E-state index contributed by atoms with van der Waals surface area (Å²) in [6, 6.07) is 0. The van der Waals surface area contributed by atoms with Crippen molar-refractivity contribution in [1.82, 2.24) is 0 Å². The van der Waals surface area contributed by atoms with Gasteiger partial charge in [0.15, 0.2) is 15.9 Å². The second-order valence-electron chi connectivity index (χ2n) is 3.07. The number of aliphatic hydroxyl groups is 1. The number of sulfone groups is 1. The number of rotatable bonds is 1. The Kier molecular flexibility index (Phi) is 1.62. The Balaban J connectivity index is 2.23. The highest BCUT2D eigenvalue weighted by atomic mass is 32.2. The van der Waals surface area contributed by atoms with Gasteiger partial charge in [-0.25, -0.2) is 8.42 Å². The maximum Gasteiger partial charge on any atom is 0.154 e. The predicted octanol–water partition coefficient (Wildman–Crippen LogP) is -1.22. The lowest BCUT2D eigenvalue weighted by molar-refractivity contribution is 0.0882. The van der Waals surface area contributed by atoms with Gasteiger partial charge < -0.3 is 9.94 Å². The molecule has 0 spiro atoms. The van der Waals surface area contributed by atoms with Crippen LogP contribution in [0.3, 0.4) is 0 Å². The summed E-state index contributed by atoms with van der Waals surface area (Å²) in [5.74, 6) is -0.109. The number of hydrogen-bond acceptors (Lipinski definition) is 5. The molecule has 0 aromatic rings. The normalized spacial score (nSPS) is 37.2. The van der Waals surface area contributed by atoms with Crippen molar-refractivity contribution >= 4 is 15.5 Å². The summed E-state index contributed by atoms with van der Waals surface area (Å²) in [7, 11) is -2.97. The maximum absolute atomic E-state index is 11.1. The summed E-state index contributed by atoms with van der Waals surface area (Å²) in [6.45, 7) is -0.212. The van der Waals surface area contributed by atoms with Crippen LogP contribution in [0.4, 0.5) is 0 Å². The first-order valence-corrected chi connectivity index (χ1v) is 5.48. The molecule has 0 aliphatic carbocycles. The average Bonchev–Trinajstić information content (AvgIpc) is 2.42. The van der Waals surface area contributed by atoms with Crippen LogP contribution in [0.15, 0.2) is 5.16 Å². The first-order valence-electron chi connectivity index (χ1n) is 3.66. The molecule has 0 radical (unpaired) electrons. The largest absolute Gasteiger partial charge is 0.391 e. The zero-order chi connectivity index (χ0) is 8.77. The van der Waals surface area contributed by atoms with E-state index in [1.165, 1.54) is 0 Å². The molecule has 2 aliphatic heterocycles. The molecule has 0 unspecified atom stereocenters. The molecule has 2 rings (SSSR count). The van der Waals surface area contributed by atoms with Gasteiger partial charge in [0.2, 0.25) is 0 Å². The highest BCUT2D eigenvalue weighted by Gasteiger charge is 2.45. The topological polar surface area (TPSA) is 76.0 Å². The molecule has 0 aromatic heterocycles. The summed E-state index contributed by atoms with van der Waals surface area (Å²) in [4.78, 5) is 4.86. The molecular formula is C6H9NO4S. The highest BCUT2D eigenvalue weighted by molar-refractivity contribution is 7.91. The van der Waals surface area contributed by atoms with Crippen molar-refractivity contribution in [2.24, 2.45) is 11.1 Å². The molecule has 1 saturated heterocycles. The van der Waals surface area contributed by atoms with E-state index in [1.54, 1.807) is 0 Å². The molecule has 6 heteroatoms. The average molecular weight is 191 g/mol. The van der Waals surface area contributed by atoms with E-state index in [4.69, 9.17) is 9.94 Å². The molecule has 2 atom stereocenters. The zero-order valence-corrected chi connectivity index (χ0v) is 7.12. The summed E-state index contributed by atoms with van der Waals surface area (Å²) in [6.07, 6.45) is -0.350. The van der Waals surface area contributed by atoms with E-state index in [0.29, 0.717) is 5.71 Å².